The summed E-state index contributed by atoms with van der Waals surface area (Å²) in [6.45, 7) is 3.37. The van der Waals surface area contributed by atoms with Crippen molar-refractivity contribution in [2.24, 2.45) is 5.41 Å². The molecule has 1 amide bonds. The van der Waals surface area contributed by atoms with Crippen LogP contribution in [-0.4, -0.2) is 37.0 Å². The molecule has 1 aromatic rings. The van der Waals surface area contributed by atoms with E-state index in [9.17, 15) is 9.18 Å². The molecule has 2 fully saturated rings. The van der Waals surface area contributed by atoms with Gasteiger partial charge in [-0.3, -0.25) is 4.79 Å². The smallest absolute Gasteiger partial charge is 0.256 e. The van der Waals surface area contributed by atoms with E-state index in [1.165, 1.54) is 18.2 Å². The van der Waals surface area contributed by atoms with Crippen LogP contribution in [0, 0.1) is 11.2 Å². The average molecular weight is 283 g/mol. The Labute approximate surface area is 116 Å². The molecule has 2 heterocycles. The van der Waals surface area contributed by atoms with Crippen LogP contribution in [0.1, 0.15) is 23.2 Å². The highest BCUT2D eigenvalue weighted by Gasteiger charge is 2.42. The second-order valence-corrected chi connectivity index (χ2v) is 5.96. The first-order chi connectivity index (χ1) is 9.10. The molecule has 3 nitrogen and oxygen atoms in total. The largest absolute Gasteiger partial charge is 0.338 e. The number of nitrogens with one attached hydrogen (secondary N) is 1. The van der Waals surface area contributed by atoms with Crippen LogP contribution in [0.5, 0.6) is 0 Å². The van der Waals surface area contributed by atoms with Gasteiger partial charge in [-0.05, 0) is 37.6 Å². The van der Waals surface area contributed by atoms with Crippen LogP contribution in [0.3, 0.4) is 0 Å². The van der Waals surface area contributed by atoms with Crippen LogP contribution in [0.25, 0.3) is 0 Å². The lowest BCUT2D eigenvalue weighted by atomic mass is 9.86. The number of benzene rings is 1. The molecule has 1 aromatic carbocycles. The van der Waals surface area contributed by atoms with E-state index in [1.807, 2.05) is 0 Å². The first-order valence-electron chi connectivity index (χ1n) is 6.55. The second kappa shape index (κ2) is 4.76. The van der Waals surface area contributed by atoms with Crippen molar-refractivity contribution in [3.05, 3.63) is 34.6 Å². The average Bonchev–Trinajstić information content (AvgIpc) is 3.03. The lowest BCUT2D eigenvalue weighted by molar-refractivity contribution is 0.0771. The highest BCUT2D eigenvalue weighted by molar-refractivity contribution is 6.31. The minimum atomic E-state index is -0.500. The number of carbonyl (C=O) groups is 1. The van der Waals surface area contributed by atoms with Crippen molar-refractivity contribution in [3.8, 4) is 0 Å². The lowest BCUT2D eigenvalue weighted by Crippen LogP contribution is -2.33. The minimum absolute atomic E-state index is 0.0792. The van der Waals surface area contributed by atoms with E-state index in [4.69, 9.17) is 11.6 Å². The van der Waals surface area contributed by atoms with E-state index in [0.29, 0.717) is 18.1 Å². The van der Waals surface area contributed by atoms with Gasteiger partial charge in [0.25, 0.3) is 5.91 Å². The van der Waals surface area contributed by atoms with Crippen molar-refractivity contribution in [2.45, 2.75) is 12.8 Å². The third kappa shape index (κ3) is 2.35. The van der Waals surface area contributed by atoms with Gasteiger partial charge >= 0.3 is 0 Å². The van der Waals surface area contributed by atoms with Gasteiger partial charge in [0.05, 0.1) is 5.56 Å². The van der Waals surface area contributed by atoms with E-state index in [2.05, 4.69) is 5.32 Å². The van der Waals surface area contributed by atoms with Gasteiger partial charge in [-0.15, -0.1) is 0 Å². The Bertz CT molecular complexity index is 514. The van der Waals surface area contributed by atoms with Crippen molar-refractivity contribution in [1.82, 2.24) is 10.2 Å². The van der Waals surface area contributed by atoms with Crippen molar-refractivity contribution in [1.29, 1.82) is 0 Å². The highest BCUT2D eigenvalue weighted by atomic mass is 35.5. The predicted octanol–water partition coefficient (Wildman–Crippen LogP) is 2.30. The molecular formula is C14H16ClFN2O. The highest BCUT2D eigenvalue weighted by Crippen LogP contribution is 2.36. The van der Waals surface area contributed by atoms with Crippen LogP contribution >= 0.6 is 11.6 Å². The van der Waals surface area contributed by atoms with E-state index < -0.39 is 5.82 Å². The number of amides is 1. The fraction of sp³-hybridized carbons (Fsp3) is 0.500. The topological polar surface area (TPSA) is 32.3 Å². The van der Waals surface area contributed by atoms with E-state index in [-0.39, 0.29) is 16.9 Å². The Morgan fingerprint density at radius 2 is 2.26 bits per heavy atom. The molecule has 2 aliphatic heterocycles. The molecule has 1 spiro atoms. The summed E-state index contributed by atoms with van der Waals surface area (Å²) in [5, 5.41) is 3.73. The van der Waals surface area contributed by atoms with E-state index in [1.54, 1.807) is 4.90 Å². The summed E-state index contributed by atoms with van der Waals surface area (Å²) in [4.78, 5) is 14.1. The summed E-state index contributed by atoms with van der Waals surface area (Å²) in [5.41, 5.74) is 0.278. The Kier molecular flexibility index (Phi) is 3.23. The standard InChI is InChI=1S/C14H16ClFN2O/c15-10-1-2-12(16)11(7-10)13(19)18-6-4-14(9-18)3-5-17-8-14/h1-2,7,17H,3-6,8-9H2. The number of rotatable bonds is 1. The molecule has 0 bridgehead atoms. The molecule has 3 rings (SSSR count). The number of likely N-dealkylation sites (tertiary alicyclic amines) is 1. The third-order valence-corrected chi connectivity index (χ3v) is 4.45. The molecule has 0 aromatic heterocycles. The SMILES string of the molecule is O=C(c1cc(Cl)ccc1F)N1CCC2(CCNC2)C1. The Morgan fingerprint density at radius 3 is 3.00 bits per heavy atom. The molecule has 19 heavy (non-hydrogen) atoms. The van der Waals surface area contributed by atoms with Gasteiger partial charge in [0.1, 0.15) is 5.82 Å². The number of hydrogen-bond acceptors (Lipinski definition) is 2. The summed E-state index contributed by atoms with van der Waals surface area (Å²) in [7, 11) is 0. The first kappa shape index (κ1) is 12.9. The van der Waals surface area contributed by atoms with E-state index >= 15 is 0 Å². The van der Waals surface area contributed by atoms with Crippen LogP contribution in [0.4, 0.5) is 4.39 Å². The van der Waals surface area contributed by atoms with E-state index in [0.717, 1.165) is 25.9 Å². The van der Waals surface area contributed by atoms with Gasteiger partial charge in [0.15, 0.2) is 0 Å². The summed E-state index contributed by atoms with van der Waals surface area (Å²) in [6, 6.07) is 4.12. The minimum Gasteiger partial charge on any atom is -0.338 e. The number of halogens is 2. The van der Waals surface area contributed by atoms with Crippen LogP contribution in [0.15, 0.2) is 18.2 Å². The summed E-state index contributed by atoms with van der Waals surface area (Å²) >= 11 is 5.84. The molecule has 1 atom stereocenters. The fourth-order valence-electron chi connectivity index (χ4n) is 3.08. The molecule has 1 N–H and O–H groups in total. The zero-order chi connectivity index (χ0) is 13.5. The zero-order valence-electron chi connectivity index (χ0n) is 10.6. The molecule has 1 unspecified atom stereocenters. The quantitative estimate of drug-likeness (QED) is 0.857. The first-order valence-corrected chi connectivity index (χ1v) is 6.93. The lowest BCUT2D eigenvalue weighted by Gasteiger charge is -2.23. The predicted molar refractivity (Wildman–Crippen MR) is 71.9 cm³/mol. The molecular weight excluding hydrogens is 267 g/mol. The third-order valence-electron chi connectivity index (χ3n) is 4.22. The number of hydrogen-bond donors (Lipinski definition) is 1. The summed E-state index contributed by atoms with van der Waals surface area (Å²) in [6.07, 6.45) is 2.09. The molecule has 102 valence electrons. The van der Waals surface area contributed by atoms with Gasteiger partial charge < -0.3 is 10.2 Å². The van der Waals surface area contributed by atoms with Crippen molar-refractivity contribution < 1.29 is 9.18 Å². The van der Waals surface area contributed by atoms with Crippen molar-refractivity contribution >= 4 is 17.5 Å². The maximum atomic E-state index is 13.7. The van der Waals surface area contributed by atoms with Gasteiger partial charge in [-0.25, -0.2) is 4.39 Å². The molecule has 0 saturated carbocycles. The fourth-order valence-corrected chi connectivity index (χ4v) is 3.26. The van der Waals surface area contributed by atoms with Crippen LogP contribution in [0.2, 0.25) is 5.02 Å². The summed E-state index contributed by atoms with van der Waals surface area (Å²) in [5.74, 6) is -0.747. The molecule has 2 saturated heterocycles. The maximum absolute atomic E-state index is 13.7. The monoisotopic (exact) mass is 282 g/mol. The van der Waals surface area contributed by atoms with Gasteiger partial charge in [-0.2, -0.15) is 0 Å². The normalized spacial score (nSPS) is 26.3. The maximum Gasteiger partial charge on any atom is 0.256 e. The molecule has 2 aliphatic rings. The molecule has 0 aliphatic carbocycles. The summed E-state index contributed by atoms with van der Waals surface area (Å²) < 4.78 is 13.7. The Balaban J connectivity index is 1.79. The molecule has 0 radical (unpaired) electrons. The Hall–Kier alpha value is -1.13. The van der Waals surface area contributed by atoms with Crippen LogP contribution < -0.4 is 5.32 Å². The number of nitrogens with zero attached hydrogens (tertiary/aromatic N) is 1. The molecule has 5 heteroatoms. The van der Waals surface area contributed by atoms with Crippen LogP contribution in [-0.2, 0) is 0 Å². The van der Waals surface area contributed by atoms with Gasteiger partial charge in [0.2, 0.25) is 0 Å². The van der Waals surface area contributed by atoms with Gasteiger partial charge in [-0.1, -0.05) is 11.6 Å². The van der Waals surface area contributed by atoms with Crippen molar-refractivity contribution in [3.63, 3.8) is 0 Å². The van der Waals surface area contributed by atoms with Gasteiger partial charge in [0, 0.05) is 30.1 Å². The Morgan fingerprint density at radius 1 is 1.42 bits per heavy atom. The number of carbonyl (C=O) groups excluding carboxylic acids is 1. The second-order valence-electron chi connectivity index (χ2n) is 5.53. The van der Waals surface area contributed by atoms with Crippen molar-refractivity contribution in [2.75, 3.05) is 26.2 Å². The zero-order valence-corrected chi connectivity index (χ0v) is 11.3.